The van der Waals surface area contributed by atoms with Crippen LogP contribution in [0.3, 0.4) is 0 Å². The molecule has 0 aliphatic carbocycles. The van der Waals surface area contributed by atoms with Gasteiger partial charge in [0.25, 0.3) is 5.91 Å². The highest BCUT2D eigenvalue weighted by Crippen LogP contribution is 2.27. The van der Waals surface area contributed by atoms with Crippen molar-refractivity contribution in [2.45, 2.75) is 12.3 Å². The second kappa shape index (κ2) is 7.97. The Balaban J connectivity index is 1.68. The summed E-state index contributed by atoms with van der Waals surface area (Å²) in [5.41, 5.74) is 3.10. The Bertz CT molecular complexity index is 744. The minimum Gasteiger partial charge on any atom is -0.356 e. The van der Waals surface area contributed by atoms with Crippen molar-refractivity contribution >= 4 is 21.8 Å². The number of nitrogens with one attached hydrogen (secondary N) is 2. The van der Waals surface area contributed by atoms with Gasteiger partial charge >= 0.3 is 0 Å². The Morgan fingerprint density at radius 1 is 1.00 bits per heavy atom. The smallest absolute Gasteiger partial charge is 0.267 e. The minimum atomic E-state index is -0.0828. The Labute approximate surface area is 150 Å². The van der Waals surface area contributed by atoms with Crippen LogP contribution in [0, 0.1) is 0 Å². The highest BCUT2D eigenvalue weighted by Gasteiger charge is 2.14. The first-order valence-corrected chi connectivity index (χ1v) is 8.75. The molecule has 1 amide bonds. The Kier molecular flexibility index (Phi) is 5.49. The summed E-state index contributed by atoms with van der Waals surface area (Å²) in [4.78, 5) is 15.1. The van der Waals surface area contributed by atoms with Gasteiger partial charge in [0, 0.05) is 23.1 Å². The standard InChI is InChI=1S/C20H19BrN2O/c21-17-13-19(23-14-17)20(24)22-12-11-18(15-7-3-1-4-8-15)16-9-5-2-6-10-16/h1-10,13-14,18,23H,11-12H2,(H,22,24). The van der Waals surface area contributed by atoms with Gasteiger partial charge in [0.15, 0.2) is 0 Å². The van der Waals surface area contributed by atoms with Gasteiger partial charge in [-0.1, -0.05) is 60.7 Å². The lowest BCUT2D eigenvalue weighted by Crippen LogP contribution is -2.26. The predicted molar refractivity (Wildman–Crippen MR) is 100 cm³/mol. The monoisotopic (exact) mass is 382 g/mol. The van der Waals surface area contributed by atoms with Gasteiger partial charge in [-0.3, -0.25) is 4.79 Å². The van der Waals surface area contributed by atoms with Crippen molar-refractivity contribution in [2.24, 2.45) is 0 Å². The lowest BCUT2D eigenvalue weighted by Gasteiger charge is -2.18. The number of aromatic amines is 1. The molecule has 3 rings (SSSR count). The maximum atomic E-state index is 12.1. The fourth-order valence-electron chi connectivity index (χ4n) is 2.82. The zero-order valence-electron chi connectivity index (χ0n) is 13.2. The van der Waals surface area contributed by atoms with Gasteiger partial charge in [-0.25, -0.2) is 0 Å². The van der Waals surface area contributed by atoms with Gasteiger partial charge in [0.05, 0.1) is 0 Å². The molecule has 122 valence electrons. The molecule has 0 fully saturated rings. The maximum Gasteiger partial charge on any atom is 0.267 e. The third-order valence-corrected chi connectivity index (χ3v) is 4.47. The van der Waals surface area contributed by atoms with E-state index in [-0.39, 0.29) is 11.8 Å². The number of hydrogen-bond acceptors (Lipinski definition) is 1. The molecule has 0 bridgehead atoms. The number of H-pyrrole nitrogens is 1. The number of carbonyl (C=O) groups excluding carboxylic acids is 1. The molecule has 2 N–H and O–H groups in total. The first-order chi connectivity index (χ1) is 11.7. The Hall–Kier alpha value is -2.33. The van der Waals surface area contributed by atoms with Gasteiger partial charge < -0.3 is 10.3 Å². The van der Waals surface area contributed by atoms with E-state index in [1.165, 1.54) is 11.1 Å². The van der Waals surface area contributed by atoms with E-state index >= 15 is 0 Å². The van der Waals surface area contributed by atoms with Gasteiger partial charge in [-0.05, 0) is 39.5 Å². The van der Waals surface area contributed by atoms with E-state index in [0.717, 1.165) is 10.9 Å². The van der Waals surface area contributed by atoms with E-state index in [4.69, 9.17) is 0 Å². The van der Waals surface area contributed by atoms with Crippen LogP contribution in [-0.2, 0) is 0 Å². The van der Waals surface area contributed by atoms with E-state index in [2.05, 4.69) is 74.8 Å². The zero-order valence-corrected chi connectivity index (χ0v) is 14.8. The first kappa shape index (κ1) is 16.5. The number of amides is 1. The SMILES string of the molecule is O=C(NCCC(c1ccccc1)c1ccccc1)c1cc(Br)c[nH]1. The molecule has 0 spiro atoms. The minimum absolute atomic E-state index is 0.0828. The quantitative estimate of drug-likeness (QED) is 0.635. The van der Waals surface area contributed by atoms with Crippen molar-refractivity contribution in [1.29, 1.82) is 0 Å². The van der Waals surface area contributed by atoms with Crippen molar-refractivity contribution in [3.8, 4) is 0 Å². The van der Waals surface area contributed by atoms with Gasteiger partial charge in [-0.2, -0.15) is 0 Å². The Morgan fingerprint density at radius 2 is 1.58 bits per heavy atom. The highest BCUT2D eigenvalue weighted by atomic mass is 79.9. The lowest BCUT2D eigenvalue weighted by atomic mass is 9.88. The van der Waals surface area contributed by atoms with E-state index < -0.39 is 0 Å². The van der Waals surface area contributed by atoms with Gasteiger partial charge in [0.1, 0.15) is 5.69 Å². The zero-order chi connectivity index (χ0) is 16.8. The third-order valence-electron chi connectivity index (χ3n) is 4.01. The van der Waals surface area contributed by atoms with Crippen LogP contribution in [0.1, 0.15) is 34.0 Å². The largest absolute Gasteiger partial charge is 0.356 e. The predicted octanol–water partition coefficient (Wildman–Crippen LogP) is 4.73. The fraction of sp³-hybridized carbons (Fsp3) is 0.150. The van der Waals surface area contributed by atoms with Crippen molar-refractivity contribution in [3.05, 3.63) is 94.2 Å². The number of carbonyl (C=O) groups is 1. The van der Waals surface area contributed by atoms with Crippen LogP contribution in [0.25, 0.3) is 0 Å². The molecule has 0 saturated heterocycles. The number of halogens is 1. The van der Waals surface area contributed by atoms with E-state index in [1.807, 2.05) is 12.1 Å². The molecule has 0 unspecified atom stereocenters. The molecule has 2 aromatic carbocycles. The maximum absolute atomic E-state index is 12.1. The topological polar surface area (TPSA) is 44.9 Å². The summed E-state index contributed by atoms with van der Waals surface area (Å²) in [6.07, 6.45) is 2.60. The number of rotatable bonds is 6. The summed E-state index contributed by atoms with van der Waals surface area (Å²) < 4.78 is 0.874. The average molecular weight is 383 g/mol. The summed E-state index contributed by atoms with van der Waals surface area (Å²) in [6, 6.07) is 22.6. The van der Waals surface area contributed by atoms with Crippen LogP contribution >= 0.6 is 15.9 Å². The summed E-state index contributed by atoms with van der Waals surface area (Å²) >= 11 is 3.34. The summed E-state index contributed by atoms with van der Waals surface area (Å²) in [5, 5.41) is 2.99. The molecule has 3 aromatic rings. The first-order valence-electron chi connectivity index (χ1n) is 7.96. The second-order valence-corrected chi connectivity index (χ2v) is 6.57. The molecular formula is C20H19BrN2O. The highest BCUT2D eigenvalue weighted by molar-refractivity contribution is 9.10. The summed E-state index contributed by atoms with van der Waals surface area (Å²) in [5.74, 6) is 0.184. The van der Waals surface area contributed by atoms with Crippen LogP contribution in [0.15, 0.2) is 77.4 Å². The van der Waals surface area contributed by atoms with Crippen LogP contribution < -0.4 is 5.32 Å². The number of aromatic nitrogens is 1. The Morgan fingerprint density at radius 3 is 2.08 bits per heavy atom. The van der Waals surface area contributed by atoms with Gasteiger partial charge in [-0.15, -0.1) is 0 Å². The molecule has 3 nitrogen and oxygen atoms in total. The van der Waals surface area contributed by atoms with Crippen LogP contribution in [0.5, 0.6) is 0 Å². The van der Waals surface area contributed by atoms with Crippen LogP contribution in [-0.4, -0.2) is 17.4 Å². The molecule has 0 atom stereocenters. The second-order valence-electron chi connectivity index (χ2n) is 5.65. The van der Waals surface area contributed by atoms with E-state index in [9.17, 15) is 4.79 Å². The lowest BCUT2D eigenvalue weighted by molar-refractivity contribution is 0.0948. The summed E-state index contributed by atoms with van der Waals surface area (Å²) in [6.45, 7) is 0.615. The molecule has 4 heteroatoms. The average Bonchev–Trinajstić information content (AvgIpc) is 3.07. The normalized spacial score (nSPS) is 10.8. The fourth-order valence-corrected chi connectivity index (χ4v) is 3.16. The molecule has 1 heterocycles. The van der Waals surface area contributed by atoms with Crippen LogP contribution in [0.2, 0.25) is 0 Å². The summed E-state index contributed by atoms with van der Waals surface area (Å²) in [7, 11) is 0. The van der Waals surface area contributed by atoms with Crippen molar-refractivity contribution in [3.63, 3.8) is 0 Å². The molecule has 0 aliphatic heterocycles. The van der Waals surface area contributed by atoms with Crippen molar-refractivity contribution in [1.82, 2.24) is 10.3 Å². The van der Waals surface area contributed by atoms with E-state index in [0.29, 0.717) is 12.2 Å². The number of benzene rings is 2. The van der Waals surface area contributed by atoms with Gasteiger partial charge in [0.2, 0.25) is 0 Å². The molecular weight excluding hydrogens is 364 g/mol. The molecule has 24 heavy (non-hydrogen) atoms. The molecule has 0 saturated carbocycles. The number of hydrogen-bond donors (Lipinski definition) is 2. The van der Waals surface area contributed by atoms with Crippen molar-refractivity contribution in [2.75, 3.05) is 6.54 Å². The molecule has 0 aliphatic rings. The van der Waals surface area contributed by atoms with Crippen LogP contribution in [0.4, 0.5) is 0 Å². The third kappa shape index (κ3) is 4.15. The van der Waals surface area contributed by atoms with Crippen molar-refractivity contribution < 1.29 is 4.79 Å². The van der Waals surface area contributed by atoms with E-state index in [1.54, 1.807) is 12.3 Å². The molecule has 1 aromatic heterocycles. The molecule has 0 radical (unpaired) electrons.